The van der Waals surface area contributed by atoms with Crippen LogP contribution in [0.5, 0.6) is 0 Å². The molecule has 3 unspecified atom stereocenters. The number of amides is 3. The summed E-state index contributed by atoms with van der Waals surface area (Å²) < 4.78 is 0. The number of aromatic nitrogens is 1. The topological polar surface area (TPSA) is 70.6 Å². The van der Waals surface area contributed by atoms with Crippen LogP contribution in [0.25, 0.3) is 0 Å². The van der Waals surface area contributed by atoms with E-state index in [0.717, 1.165) is 30.5 Å². The lowest BCUT2D eigenvalue weighted by Gasteiger charge is -2.32. The molecule has 3 aliphatic rings. The van der Waals surface area contributed by atoms with Crippen LogP contribution >= 0.6 is 0 Å². The molecule has 6 heteroatoms. The van der Waals surface area contributed by atoms with Crippen molar-refractivity contribution in [3.63, 3.8) is 0 Å². The van der Waals surface area contributed by atoms with E-state index in [9.17, 15) is 14.4 Å². The third-order valence-corrected chi connectivity index (χ3v) is 7.01. The Morgan fingerprint density at radius 2 is 1.83 bits per heavy atom. The summed E-state index contributed by atoms with van der Waals surface area (Å²) in [5.74, 6) is 0.0957. The van der Waals surface area contributed by atoms with Crippen LogP contribution in [-0.4, -0.2) is 45.1 Å². The van der Waals surface area contributed by atoms with Crippen molar-refractivity contribution in [2.24, 2.45) is 5.92 Å². The van der Waals surface area contributed by atoms with Gasteiger partial charge < -0.3 is 4.90 Å². The molecule has 30 heavy (non-hydrogen) atoms. The predicted molar refractivity (Wildman–Crippen MR) is 110 cm³/mol. The Morgan fingerprint density at radius 1 is 1.07 bits per heavy atom. The first-order valence-electron chi connectivity index (χ1n) is 10.7. The van der Waals surface area contributed by atoms with E-state index in [1.165, 1.54) is 11.3 Å². The number of nitrogens with zero attached hydrogens (tertiary/aromatic N) is 3. The highest BCUT2D eigenvalue weighted by molar-refractivity contribution is 6.10. The van der Waals surface area contributed by atoms with Crippen molar-refractivity contribution in [1.82, 2.24) is 14.8 Å². The van der Waals surface area contributed by atoms with E-state index in [2.05, 4.69) is 4.98 Å². The van der Waals surface area contributed by atoms with E-state index in [-0.39, 0.29) is 37.1 Å². The molecule has 154 valence electrons. The summed E-state index contributed by atoms with van der Waals surface area (Å²) in [5, 5.41) is 0. The summed E-state index contributed by atoms with van der Waals surface area (Å²) in [6.07, 6.45) is 6.70. The first-order valence-corrected chi connectivity index (χ1v) is 10.7. The second-order valence-corrected chi connectivity index (χ2v) is 8.82. The van der Waals surface area contributed by atoms with Crippen LogP contribution in [-0.2, 0) is 26.3 Å². The minimum absolute atomic E-state index is 0.00189. The normalized spacial score (nSPS) is 27.9. The van der Waals surface area contributed by atoms with Crippen LogP contribution < -0.4 is 0 Å². The van der Waals surface area contributed by atoms with Crippen molar-refractivity contribution in [1.29, 1.82) is 0 Å². The number of fused-ring (bicyclic) bond motifs is 2. The number of benzene rings is 1. The number of carbonyl (C=O) groups excluding carboxylic acids is 3. The third kappa shape index (κ3) is 3.11. The van der Waals surface area contributed by atoms with Crippen LogP contribution in [0.15, 0.2) is 54.9 Å². The molecular formula is C24H25N3O3. The van der Waals surface area contributed by atoms with Gasteiger partial charge in [0.1, 0.15) is 0 Å². The molecule has 5 rings (SSSR count). The van der Waals surface area contributed by atoms with Gasteiger partial charge in [-0.05, 0) is 48.4 Å². The maximum atomic E-state index is 13.7. The fourth-order valence-electron chi connectivity index (χ4n) is 5.44. The molecule has 3 heterocycles. The molecule has 6 nitrogen and oxygen atoms in total. The van der Waals surface area contributed by atoms with Gasteiger partial charge in [0, 0.05) is 37.8 Å². The molecule has 2 bridgehead atoms. The fraction of sp³-hybridized carbons (Fsp3) is 0.417. The van der Waals surface area contributed by atoms with Gasteiger partial charge in [-0.2, -0.15) is 0 Å². The molecule has 1 saturated carbocycles. The van der Waals surface area contributed by atoms with Crippen LogP contribution in [0.2, 0.25) is 0 Å². The molecule has 0 spiro atoms. The molecule has 3 atom stereocenters. The largest absolute Gasteiger partial charge is 0.339 e. The quantitative estimate of drug-likeness (QED) is 0.720. The van der Waals surface area contributed by atoms with Gasteiger partial charge in [0.15, 0.2) is 0 Å². The number of likely N-dealkylation sites (tertiary alicyclic amines) is 2. The molecule has 0 radical (unpaired) electrons. The summed E-state index contributed by atoms with van der Waals surface area (Å²) in [7, 11) is 0. The summed E-state index contributed by atoms with van der Waals surface area (Å²) in [4.78, 5) is 47.2. The number of pyridine rings is 1. The molecule has 1 aromatic carbocycles. The Bertz CT molecular complexity index is 978. The molecule has 2 aromatic rings. The zero-order chi connectivity index (χ0) is 20.7. The predicted octanol–water partition coefficient (Wildman–Crippen LogP) is 2.68. The van der Waals surface area contributed by atoms with E-state index in [4.69, 9.17) is 0 Å². The highest BCUT2D eigenvalue weighted by Crippen LogP contribution is 2.43. The molecule has 3 amide bonds. The number of piperidine rings is 1. The lowest BCUT2D eigenvalue weighted by Crippen LogP contribution is -2.45. The Balaban J connectivity index is 1.46. The maximum absolute atomic E-state index is 13.7. The molecule has 2 saturated heterocycles. The highest BCUT2D eigenvalue weighted by atomic mass is 16.2. The number of rotatable bonds is 5. The Kier molecular flexibility index (Phi) is 4.65. The van der Waals surface area contributed by atoms with Crippen LogP contribution in [0.1, 0.15) is 43.2 Å². The van der Waals surface area contributed by atoms with Crippen molar-refractivity contribution < 1.29 is 14.4 Å². The lowest BCUT2D eigenvalue weighted by atomic mass is 9.75. The zero-order valence-electron chi connectivity index (χ0n) is 16.9. The fourth-order valence-corrected chi connectivity index (χ4v) is 5.44. The van der Waals surface area contributed by atoms with Gasteiger partial charge in [-0.3, -0.25) is 24.3 Å². The number of carbonyl (C=O) groups is 3. The number of hydrogen-bond acceptors (Lipinski definition) is 4. The minimum atomic E-state index is -1.12. The van der Waals surface area contributed by atoms with Crippen LogP contribution in [0.4, 0.5) is 0 Å². The standard InChI is InChI=1S/C24H25N3O3/c28-21(26-16-18-6-7-20(26)12-18)13-24(19-4-2-1-3-5-19)14-22(29)27(23(24)30)15-17-8-10-25-11-9-17/h1-5,8-11,18,20H,6-7,12-16H2. The first kappa shape index (κ1) is 19.0. The Hall–Kier alpha value is -3.02. The van der Waals surface area contributed by atoms with Crippen molar-refractivity contribution in [3.8, 4) is 0 Å². The summed E-state index contributed by atoms with van der Waals surface area (Å²) in [5.41, 5.74) is 0.474. The SMILES string of the molecule is O=C1CC(CC(=O)N2CC3CCC2C3)(c2ccccc2)C(=O)N1Cc1ccncc1. The Labute approximate surface area is 175 Å². The van der Waals surface area contributed by atoms with E-state index in [1.54, 1.807) is 24.5 Å². The van der Waals surface area contributed by atoms with E-state index >= 15 is 0 Å². The molecular weight excluding hydrogens is 378 g/mol. The minimum Gasteiger partial charge on any atom is -0.339 e. The van der Waals surface area contributed by atoms with Crippen molar-refractivity contribution in [2.75, 3.05) is 6.54 Å². The highest BCUT2D eigenvalue weighted by Gasteiger charge is 2.55. The number of imide groups is 1. The van der Waals surface area contributed by atoms with Crippen molar-refractivity contribution in [3.05, 3.63) is 66.0 Å². The maximum Gasteiger partial charge on any atom is 0.241 e. The third-order valence-electron chi connectivity index (χ3n) is 7.01. The zero-order valence-corrected chi connectivity index (χ0v) is 16.9. The molecule has 2 aliphatic heterocycles. The average Bonchev–Trinajstić information content (AvgIpc) is 3.46. The van der Waals surface area contributed by atoms with Gasteiger partial charge in [0.2, 0.25) is 17.7 Å². The monoisotopic (exact) mass is 403 g/mol. The molecule has 3 fully saturated rings. The summed E-state index contributed by atoms with van der Waals surface area (Å²) in [6.45, 7) is 0.995. The number of hydrogen-bond donors (Lipinski definition) is 0. The second kappa shape index (κ2) is 7.35. The summed E-state index contributed by atoms with van der Waals surface area (Å²) >= 11 is 0. The van der Waals surface area contributed by atoms with Gasteiger partial charge in [-0.25, -0.2) is 0 Å². The van der Waals surface area contributed by atoms with E-state index in [0.29, 0.717) is 12.0 Å². The Morgan fingerprint density at radius 3 is 2.50 bits per heavy atom. The smallest absolute Gasteiger partial charge is 0.241 e. The molecule has 1 aromatic heterocycles. The van der Waals surface area contributed by atoms with E-state index < -0.39 is 5.41 Å². The van der Waals surface area contributed by atoms with Gasteiger partial charge in [0.05, 0.1) is 12.0 Å². The molecule has 0 N–H and O–H groups in total. The second-order valence-electron chi connectivity index (χ2n) is 8.82. The average molecular weight is 403 g/mol. The van der Waals surface area contributed by atoms with E-state index in [1.807, 2.05) is 35.2 Å². The lowest BCUT2D eigenvalue weighted by molar-refractivity contribution is -0.143. The first-order chi connectivity index (χ1) is 14.6. The van der Waals surface area contributed by atoms with Gasteiger partial charge in [-0.1, -0.05) is 30.3 Å². The van der Waals surface area contributed by atoms with Crippen molar-refractivity contribution in [2.45, 2.75) is 50.1 Å². The van der Waals surface area contributed by atoms with Gasteiger partial charge in [-0.15, -0.1) is 0 Å². The van der Waals surface area contributed by atoms with Crippen LogP contribution in [0.3, 0.4) is 0 Å². The summed E-state index contributed by atoms with van der Waals surface area (Å²) in [6, 6.07) is 13.2. The van der Waals surface area contributed by atoms with Crippen molar-refractivity contribution >= 4 is 17.7 Å². The van der Waals surface area contributed by atoms with Gasteiger partial charge >= 0.3 is 0 Å². The van der Waals surface area contributed by atoms with Gasteiger partial charge in [0.25, 0.3) is 0 Å². The van der Waals surface area contributed by atoms with Crippen LogP contribution in [0, 0.1) is 5.92 Å². The molecule has 1 aliphatic carbocycles.